The van der Waals surface area contributed by atoms with Gasteiger partial charge in [-0.1, -0.05) is 19.8 Å². The van der Waals surface area contributed by atoms with Crippen molar-refractivity contribution >= 4 is 15.9 Å². The third-order valence-electron chi connectivity index (χ3n) is 2.89. The average Bonchev–Trinajstić information content (AvgIpc) is 2.47. The average molecular weight is 263 g/mol. The number of carbonyl (C=O) groups excluding carboxylic acids is 1. The van der Waals surface area contributed by atoms with Crippen LogP contribution in [0.2, 0.25) is 0 Å². The van der Waals surface area contributed by atoms with Crippen molar-refractivity contribution in [2.45, 2.75) is 45.1 Å². The first-order chi connectivity index (χ1) is 7.87. The summed E-state index contributed by atoms with van der Waals surface area (Å²) in [6, 6.07) is 0. The van der Waals surface area contributed by atoms with Gasteiger partial charge in [-0.25, -0.2) is 13.2 Å². The van der Waals surface area contributed by atoms with E-state index in [4.69, 9.17) is 4.74 Å². The van der Waals surface area contributed by atoms with Crippen molar-refractivity contribution in [3.63, 3.8) is 0 Å². The number of sulfone groups is 1. The Hall–Kier alpha value is -0.780. The van der Waals surface area contributed by atoms with Gasteiger partial charge in [-0.05, 0) is 19.8 Å². The molecule has 0 spiro atoms. The molecule has 0 bridgehead atoms. The highest BCUT2D eigenvalue weighted by Gasteiger charge is 2.39. The normalized spacial score (nSPS) is 26.7. The lowest BCUT2D eigenvalue weighted by atomic mass is 10.0. The van der Waals surface area contributed by atoms with Gasteiger partial charge < -0.3 is 10.1 Å². The van der Waals surface area contributed by atoms with Crippen molar-refractivity contribution in [1.29, 1.82) is 0 Å². The molecule has 1 unspecified atom stereocenters. The zero-order chi connectivity index (χ0) is 12.9. The molecule has 1 atom stereocenters. The number of nitrogens with one attached hydrogen (secondary N) is 1. The predicted molar refractivity (Wildman–Crippen MR) is 65.7 cm³/mol. The van der Waals surface area contributed by atoms with Crippen LogP contribution in [0.3, 0.4) is 0 Å². The fraction of sp³-hybridized carbons (Fsp3) is 0.909. The van der Waals surface area contributed by atoms with Crippen molar-refractivity contribution in [3.8, 4) is 0 Å². The topological polar surface area (TPSA) is 72.5 Å². The number of unbranched alkanes of at least 4 members (excludes halogenated alkanes) is 2. The van der Waals surface area contributed by atoms with Crippen LogP contribution >= 0.6 is 0 Å². The molecule has 0 saturated carbocycles. The summed E-state index contributed by atoms with van der Waals surface area (Å²) >= 11 is 0. The molecule has 17 heavy (non-hydrogen) atoms. The second-order valence-electron chi connectivity index (χ2n) is 4.87. The van der Waals surface area contributed by atoms with Crippen LogP contribution in [0.1, 0.15) is 39.5 Å². The van der Waals surface area contributed by atoms with Crippen molar-refractivity contribution in [2.24, 2.45) is 0 Å². The number of hydrogen-bond acceptors (Lipinski definition) is 4. The lowest BCUT2D eigenvalue weighted by Crippen LogP contribution is -2.47. The zero-order valence-electron chi connectivity index (χ0n) is 10.5. The molecular formula is C11H21NO4S. The van der Waals surface area contributed by atoms with Crippen molar-refractivity contribution in [2.75, 3.05) is 18.1 Å². The fourth-order valence-electron chi connectivity index (χ4n) is 1.91. The molecule has 0 radical (unpaired) electrons. The Bertz CT molecular complexity index is 366. The highest BCUT2D eigenvalue weighted by molar-refractivity contribution is 7.91. The maximum atomic E-state index is 11.5. The molecule has 0 aromatic heterocycles. The van der Waals surface area contributed by atoms with Gasteiger partial charge in [0.1, 0.15) is 0 Å². The minimum absolute atomic E-state index is 0.00403. The van der Waals surface area contributed by atoms with Gasteiger partial charge in [0.2, 0.25) is 0 Å². The van der Waals surface area contributed by atoms with E-state index in [1.807, 2.05) is 0 Å². The van der Waals surface area contributed by atoms with Crippen LogP contribution < -0.4 is 5.32 Å². The van der Waals surface area contributed by atoms with E-state index in [0.717, 1.165) is 19.3 Å². The molecule has 1 saturated heterocycles. The predicted octanol–water partition coefficient (Wildman–Crippen LogP) is 1.48. The van der Waals surface area contributed by atoms with E-state index in [9.17, 15) is 13.2 Å². The minimum atomic E-state index is -3.00. The lowest BCUT2D eigenvalue weighted by Gasteiger charge is -2.23. The van der Waals surface area contributed by atoms with E-state index >= 15 is 0 Å². The van der Waals surface area contributed by atoms with Crippen LogP contribution in [-0.2, 0) is 14.6 Å². The molecule has 0 aliphatic carbocycles. The summed E-state index contributed by atoms with van der Waals surface area (Å²) in [5.41, 5.74) is -0.666. The van der Waals surface area contributed by atoms with E-state index in [0.29, 0.717) is 13.0 Å². The molecule has 1 rings (SSSR count). The molecule has 5 nitrogen and oxygen atoms in total. The Morgan fingerprint density at radius 2 is 2.12 bits per heavy atom. The molecule has 0 aromatic rings. The Labute approximate surface area is 103 Å². The molecule has 1 heterocycles. The molecule has 1 N–H and O–H groups in total. The maximum absolute atomic E-state index is 11.5. The molecule has 1 fully saturated rings. The fourth-order valence-corrected chi connectivity index (χ4v) is 4.00. The number of carbonyl (C=O) groups is 1. The summed E-state index contributed by atoms with van der Waals surface area (Å²) in [4.78, 5) is 11.5. The van der Waals surface area contributed by atoms with Gasteiger partial charge in [0.25, 0.3) is 0 Å². The third-order valence-corrected chi connectivity index (χ3v) is 4.79. The first-order valence-corrected chi connectivity index (χ1v) is 7.84. The summed E-state index contributed by atoms with van der Waals surface area (Å²) in [5, 5.41) is 2.65. The van der Waals surface area contributed by atoms with Gasteiger partial charge in [0, 0.05) is 0 Å². The number of amides is 1. The van der Waals surface area contributed by atoms with Crippen LogP contribution in [0.5, 0.6) is 0 Å². The van der Waals surface area contributed by atoms with Crippen LogP contribution in [0.25, 0.3) is 0 Å². The Morgan fingerprint density at radius 1 is 1.41 bits per heavy atom. The molecule has 1 amide bonds. The first-order valence-electron chi connectivity index (χ1n) is 6.02. The first kappa shape index (κ1) is 14.3. The summed E-state index contributed by atoms with van der Waals surface area (Å²) in [6.45, 7) is 4.21. The molecule has 1 aliphatic heterocycles. The molecule has 1 aliphatic rings. The minimum Gasteiger partial charge on any atom is -0.450 e. The largest absolute Gasteiger partial charge is 0.450 e. The molecule has 0 aromatic carbocycles. The SMILES string of the molecule is CCCCCOC(=O)NC1(C)CCS(=O)(=O)C1. The van der Waals surface area contributed by atoms with Crippen LogP contribution in [-0.4, -0.2) is 38.2 Å². The number of alkyl carbamates (subject to hydrolysis) is 1. The number of ether oxygens (including phenoxy) is 1. The Morgan fingerprint density at radius 3 is 2.65 bits per heavy atom. The van der Waals surface area contributed by atoms with Gasteiger partial charge in [-0.3, -0.25) is 0 Å². The Kier molecular flexibility index (Phi) is 4.80. The second kappa shape index (κ2) is 5.71. The monoisotopic (exact) mass is 263 g/mol. The van der Waals surface area contributed by atoms with Gasteiger partial charge in [-0.15, -0.1) is 0 Å². The van der Waals surface area contributed by atoms with Crippen molar-refractivity contribution in [3.05, 3.63) is 0 Å². The van der Waals surface area contributed by atoms with E-state index in [1.54, 1.807) is 6.92 Å². The molecular weight excluding hydrogens is 242 g/mol. The quantitative estimate of drug-likeness (QED) is 0.763. The van der Waals surface area contributed by atoms with Gasteiger partial charge in [-0.2, -0.15) is 0 Å². The summed E-state index contributed by atoms with van der Waals surface area (Å²) < 4.78 is 27.7. The highest BCUT2D eigenvalue weighted by Crippen LogP contribution is 2.22. The highest BCUT2D eigenvalue weighted by atomic mass is 32.2. The number of rotatable bonds is 5. The summed E-state index contributed by atoms with van der Waals surface area (Å²) in [5.74, 6) is 0.143. The second-order valence-corrected chi connectivity index (χ2v) is 7.05. The van der Waals surface area contributed by atoms with E-state index in [1.165, 1.54) is 0 Å². The van der Waals surface area contributed by atoms with Crippen LogP contribution in [0.15, 0.2) is 0 Å². The lowest BCUT2D eigenvalue weighted by molar-refractivity contribution is 0.134. The van der Waals surface area contributed by atoms with E-state index in [2.05, 4.69) is 12.2 Å². The van der Waals surface area contributed by atoms with Crippen LogP contribution in [0.4, 0.5) is 4.79 Å². The van der Waals surface area contributed by atoms with Gasteiger partial charge in [0.15, 0.2) is 9.84 Å². The summed E-state index contributed by atoms with van der Waals surface area (Å²) in [6.07, 6.45) is 2.89. The van der Waals surface area contributed by atoms with Crippen molar-refractivity contribution < 1.29 is 17.9 Å². The van der Waals surface area contributed by atoms with E-state index < -0.39 is 21.5 Å². The summed E-state index contributed by atoms with van der Waals surface area (Å²) in [7, 11) is -3.00. The van der Waals surface area contributed by atoms with Gasteiger partial charge in [0.05, 0.1) is 23.7 Å². The number of hydrogen-bond donors (Lipinski definition) is 1. The third kappa shape index (κ3) is 4.93. The van der Waals surface area contributed by atoms with Crippen LogP contribution in [0, 0.1) is 0 Å². The molecule has 6 heteroatoms. The zero-order valence-corrected chi connectivity index (χ0v) is 11.3. The standard InChI is InChI=1S/C11H21NO4S/c1-3-4-5-7-16-10(13)12-11(2)6-8-17(14,15)9-11/h3-9H2,1-2H3,(H,12,13). The van der Waals surface area contributed by atoms with Crippen molar-refractivity contribution in [1.82, 2.24) is 5.32 Å². The maximum Gasteiger partial charge on any atom is 0.407 e. The molecule has 100 valence electrons. The Balaban J connectivity index is 2.31. The van der Waals surface area contributed by atoms with Gasteiger partial charge >= 0.3 is 6.09 Å². The smallest absolute Gasteiger partial charge is 0.407 e. The van der Waals surface area contributed by atoms with E-state index in [-0.39, 0.29) is 11.5 Å².